The maximum Gasteiger partial charge on any atom is 0.340 e. The number of rotatable bonds is 15. The summed E-state index contributed by atoms with van der Waals surface area (Å²) in [6, 6.07) is 0. The average Bonchev–Trinajstić information content (AvgIpc) is 2.53. The van der Waals surface area contributed by atoms with E-state index in [2.05, 4.69) is 0 Å². The number of methoxy groups -OCH3 is 2. The fraction of sp³-hybridized carbons (Fsp3) is 1.00. The Hall–Kier alpha value is 0.570. The fourth-order valence-corrected chi connectivity index (χ4v) is 4.25. The van der Waals surface area contributed by atoms with Crippen LogP contribution in [-0.4, -0.2) is 68.8 Å². The first kappa shape index (κ1) is 24.6. The summed E-state index contributed by atoms with van der Waals surface area (Å²) in [5, 5.41) is 0. The van der Waals surface area contributed by atoms with E-state index >= 15 is 0 Å². The Labute approximate surface area is 155 Å². The molecule has 10 heteroatoms. The largest absolute Gasteiger partial charge is 0.379 e. The second kappa shape index (κ2) is 12.8. The van der Waals surface area contributed by atoms with Gasteiger partial charge < -0.3 is 18.7 Å². The van der Waals surface area contributed by atoms with Crippen molar-refractivity contribution in [1.82, 2.24) is 4.67 Å². The summed E-state index contributed by atoms with van der Waals surface area (Å²) in [7, 11) is -0.361. The molecule has 0 aliphatic heterocycles. The van der Waals surface area contributed by atoms with Gasteiger partial charge in [-0.2, -0.15) is 0 Å². The highest BCUT2D eigenvalue weighted by atomic mass is 35.5. The molecule has 0 bridgehead atoms. The Morgan fingerprint density at radius 1 is 1.21 bits per heavy atom. The van der Waals surface area contributed by atoms with Crippen molar-refractivity contribution in [2.45, 2.75) is 38.6 Å². The van der Waals surface area contributed by atoms with Crippen LogP contribution in [0.5, 0.6) is 0 Å². The van der Waals surface area contributed by atoms with Crippen molar-refractivity contribution >= 4 is 30.9 Å². The monoisotopic (exact) mass is 408 g/mol. The number of hydrogen-bond acceptors (Lipinski definition) is 5. The molecule has 0 aromatic rings. The minimum atomic E-state index is -3.47. The third kappa shape index (κ3) is 8.79. The third-order valence-electron chi connectivity index (χ3n) is 3.63. The normalized spacial score (nSPS) is 16.3. The van der Waals surface area contributed by atoms with Crippen LogP contribution in [-0.2, 0) is 23.3 Å². The van der Waals surface area contributed by atoms with Crippen LogP contribution in [0.4, 0.5) is 0 Å². The highest BCUT2D eigenvalue weighted by Gasteiger charge is 2.34. The first-order chi connectivity index (χ1) is 11.3. The molecule has 0 radical (unpaired) electrons. The molecular formula is C14H31Cl2N2O5P. The molecule has 0 saturated carbocycles. The van der Waals surface area contributed by atoms with Gasteiger partial charge in [0.25, 0.3) is 0 Å². The first-order valence-electron chi connectivity index (χ1n) is 7.93. The molecule has 0 heterocycles. The van der Waals surface area contributed by atoms with Crippen molar-refractivity contribution < 1.29 is 23.3 Å². The van der Waals surface area contributed by atoms with Crippen molar-refractivity contribution in [1.29, 1.82) is 0 Å². The maximum atomic E-state index is 12.5. The summed E-state index contributed by atoms with van der Waals surface area (Å²) in [6.45, 7) is 5.24. The molecule has 0 aliphatic rings. The third-order valence-corrected chi connectivity index (χ3v) is 5.71. The predicted molar refractivity (Wildman–Crippen MR) is 97.8 cm³/mol. The van der Waals surface area contributed by atoms with Crippen LogP contribution in [0.15, 0.2) is 0 Å². The number of ether oxygens (including phenoxy) is 3. The second-order valence-corrected chi connectivity index (χ2v) is 7.98. The summed E-state index contributed by atoms with van der Waals surface area (Å²) >= 11 is 11.4. The van der Waals surface area contributed by atoms with Gasteiger partial charge in [-0.15, -0.1) is 23.2 Å². The first-order valence-corrected chi connectivity index (χ1v) is 10.6. The molecule has 146 valence electrons. The number of halogens is 2. The van der Waals surface area contributed by atoms with E-state index in [0.717, 1.165) is 0 Å². The number of nitrogens with zero attached hydrogens (tertiary/aromatic N) is 1. The topological polar surface area (TPSA) is 83.3 Å². The molecule has 0 rings (SSSR count). The van der Waals surface area contributed by atoms with Gasteiger partial charge in [-0.3, -0.25) is 4.57 Å². The van der Waals surface area contributed by atoms with Gasteiger partial charge in [-0.1, -0.05) is 0 Å². The SMILES string of the molecule is CCOC(C)CC(CCOP(N)(=O)N(CCCl)CCCl)(OC)OC. The van der Waals surface area contributed by atoms with Gasteiger partial charge >= 0.3 is 7.67 Å². The second-order valence-electron chi connectivity index (χ2n) is 5.27. The molecule has 0 aliphatic carbocycles. The zero-order valence-electron chi connectivity index (χ0n) is 15.0. The summed E-state index contributed by atoms with van der Waals surface area (Å²) in [4.78, 5) is 0. The van der Waals surface area contributed by atoms with Gasteiger partial charge in [0.2, 0.25) is 0 Å². The molecule has 0 aromatic carbocycles. The Kier molecular flexibility index (Phi) is 13.2. The zero-order valence-corrected chi connectivity index (χ0v) is 17.4. The van der Waals surface area contributed by atoms with Crippen molar-refractivity contribution in [3.63, 3.8) is 0 Å². The molecule has 0 saturated heterocycles. The fourth-order valence-electron chi connectivity index (χ4n) is 2.34. The zero-order chi connectivity index (χ0) is 18.6. The van der Waals surface area contributed by atoms with E-state index in [4.69, 9.17) is 47.4 Å². The van der Waals surface area contributed by atoms with Crippen molar-refractivity contribution in [2.24, 2.45) is 5.50 Å². The lowest BCUT2D eigenvalue weighted by molar-refractivity contribution is -0.230. The Balaban J connectivity index is 4.71. The van der Waals surface area contributed by atoms with E-state index in [1.165, 1.54) is 4.67 Å². The molecule has 0 spiro atoms. The standard InChI is InChI=1S/C14H31Cl2N2O5P/c1-5-22-13(2)12-14(20-3,21-4)6-11-23-24(17,19)18(9-7-15)10-8-16/h13H,5-12H2,1-4H3,(H2,17,19). The van der Waals surface area contributed by atoms with E-state index in [1.54, 1.807) is 14.2 Å². The smallest absolute Gasteiger partial charge is 0.340 e. The van der Waals surface area contributed by atoms with Crippen LogP contribution in [0, 0.1) is 0 Å². The Morgan fingerprint density at radius 2 is 1.75 bits per heavy atom. The van der Waals surface area contributed by atoms with E-state index in [1.807, 2.05) is 13.8 Å². The highest BCUT2D eigenvalue weighted by Crippen LogP contribution is 2.43. The van der Waals surface area contributed by atoms with Gasteiger partial charge in [0.1, 0.15) is 0 Å². The molecule has 0 fully saturated rings. The van der Waals surface area contributed by atoms with Crippen LogP contribution < -0.4 is 5.50 Å². The molecule has 7 nitrogen and oxygen atoms in total. The van der Waals surface area contributed by atoms with E-state index < -0.39 is 13.5 Å². The molecule has 2 N–H and O–H groups in total. The van der Waals surface area contributed by atoms with Crippen LogP contribution >= 0.6 is 30.9 Å². The van der Waals surface area contributed by atoms with E-state index in [9.17, 15) is 4.57 Å². The quantitative estimate of drug-likeness (QED) is 0.253. The van der Waals surface area contributed by atoms with Gasteiger partial charge in [-0.05, 0) is 13.8 Å². The Bertz CT molecular complexity index is 369. The minimum absolute atomic E-state index is 0.0522. The van der Waals surface area contributed by atoms with Crippen LogP contribution in [0.3, 0.4) is 0 Å². The molecule has 2 unspecified atom stereocenters. The van der Waals surface area contributed by atoms with E-state index in [0.29, 0.717) is 32.5 Å². The van der Waals surface area contributed by atoms with Crippen molar-refractivity contribution in [3.05, 3.63) is 0 Å². The molecule has 0 amide bonds. The van der Waals surface area contributed by atoms with Gasteiger partial charge in [0.15, 0.2) is 5.79 Å². The summed E-state index contributed by atoms with van der Waals surface area (Å²) in [6.07, 6.45) is 0.816. The van der Waals surface area contributed by atoms with Gasteiger partial charge in [0, 0.05) is 58.5 Å². The molecule has 0 aromatic heterocycles. The minimum Gasteiger partial charge on any atom is -0.379 e. The van der Waals surface area contributed by atoms with Crippen molar-refractivity contribution in [3.8, 4) is 0 Å². The molecular weight excluding hydrogens is 378 g/mol. The summed E-state index contributed by atoms with van der Waals surface area (Å²) in [5.41, 5.74) is 5.83. The van der Waals surface area contributed by atoms with Crippen LogP contribution in [0.2, 0.25) is 0 Å². The molecule has 2 atom stereocenters. The van der Waals surface area contributed by atoms with E-state index in [-0.39, 0.29) is 24.5 Å². The van der Waals surface area contributed by atoms with Crippen molar-refractivity contribution in [2.75, 3.05) is 52.3 Å². The summed E-state index contributed by atoms with van der Waals surface area (Å²) in [5.74, 6) is -0.320. The average molecular weight is 409 g/mol. The number of nitrogens with two attached hydrogens (primary N) is 1. The van der Waals surface area contributed by atoms with Crippen LogP contribution in [0.1, 0.15) is 26.7 Å². The van der Waals surface area contributed by atoms with Crippen LogP contribution in [0.25, 0.3) is 0 Å². The van der Waals surface area contributed by atoms with Gasteiger partial charge in [0.05, 0.1) is 12.7 Å². The summed E-state index contributed by atoms with van der Waals surface area (Å²) < 4.78 is 36.0. The molecule has 24 heavy (non-hydrogen) atoms. The predicted octanol–water partition coefficient (Wildman–Crippen LogP) is 3.04. The lowest BCUT2D eigenvalue weighted by atomic mass is 10.1. The maximum absolute atomic E-state index is 12.5. The Morgan fingerprint density at radius 3 is 2.17 bits per heavy atom. The number of hydrogen-bond donors (Lipinski definition) is 1. The lowest BCUT2D eigenvalue weighted by Crippen LogP contribution is -2.39. The lowest BCUT2D eigenvalue weighted by Gasteiger charge is -2.34. The van der Waals surface area contributed by atoms with Gasteiger partial charge in [-0.25, -0.2) is 10.2 Å². The highest BCUT2D eigenvalue weighted by molar-refractivity contribution is 7.53. The number of alkyl halides is 2.